The van der Waals surface area contributed by atoms with Crippen LogP contribution in [0.3, 0.4) is 0 Å². The number of amides is 1. The molecule has 3 aromatic rings. The van der Waals surface area contributed by atoms with Crippen LogP contribution in [0.4, 0.5) is 11.6 Å². The second-order valence-electron chi connectivity index (χ2n) is 6.94. The maximum absolute atomic E-state index is 12.5. The van der Waals surface area contributed by atoms with Gasteiger partial charge in [-0.15, -0.1) is 0 Å². The summed E-state index contributed by atoms with van der Waals surface area (Å²) >= 11 is 0. The molecule has 3 heterocycles. The van der Waals surface area contributed by atoms with E-state index in [1.54, 1.807) is 16.9 Å². The van der Waals surface area contributed by atoms with E-state index in [1.807, 2.05) is 43.5 Å². The van der Waals surface area contributed by atoms with Crippen molar-refractivity contribution in [1.29, 1.82) is 0 Å². The largest absolute Gasteiger partial charge is 0.378 e. The highest BCUT2D eigenvalue weighted by Gasteiger charge is 2.14. The van der Waals surface area contributed by atoms with Crippen molar-refractivity contribution in [2.24, 2.45) is 0 Å². The van der Waals surface area contributed by atoms with E-state index in [2.05, 4.69) is 30.6 Å². The summed E-state index contributed by atoms with van der Waals surface area (Å²) < 4.78 is 7.13. The average molecular weight is 407 g/mol. The number of anilines is 2. The van der Waals surface area contributed by atoms with Crippen molar-refractivity contribution in [2.75, 3.05) is 49.6 Å². The summed E-state index contributed by atoms with van der Waals surface area (Å²) in [6.07, 6.45) is 3.55. The average Bonchev–Trinajstić information content (AvgIpc) is 3.32. The minimum absolute atomic E-state index is 0.126. The van der Waals surface area contributed by atoms with Gasteiger partial charge in [-0.25, -0.2) is 14.6 Å². The first kappa shape index (κ1) is 19.8. The molecule has 1 saturated heterocycles. The summed E-state index contributed by atoms with van der Waals surface area (Å²) in [5.74, 6) is 2.23. The first-order valence-corrected chi connectivity index (χ1v) is 9.99. The molecule has 0 aliphatic carbocycles. The molecule has 2 aromatic heterocycles. The zero-order chi connectivity index (χ0) is 20.8. The number of nitrogens with one attached hydrogen (secondary N) is 2. The lowest BCUT2D eigenvalue weighted by molar-refractivity contribution is 0.0955. The van der Waals surface area contributed by atoms with Gasteiger partial charge in [-0.05, 0) is 31.2 Å². The quantitative estimate of drug-likeness (QED) is 0.575. The molecule has 2 N–H and O–H groups in total. The van der Waals surface area contributed by atoms with E-state index in [-0.39, 0.29) is 5.91 Å². The van der Waals surface area contributed by atoms with E-state index in [4.69, 9.17) is 4.74 Å². The lowest BCUT2D eigenvalue weighted by Gasteiger charge is -2.28. The fraction of sp³-hybridized carbons (Fsp3) is 0.333. The second kappa shape index (κ2) is 9.36. The van der Waals surface area contributed by atoms with Gasteiger partial charge in [-0.3, -0.25) is 4.79 Å². The van der Waals surface area contributed by atoms with E-state index in [0.717, 1.165) is 30.4 Å². The molecule has 1 aromatic carbocycles. The summed E-state index contributed by atoms with van der Waals surface area (Å²) in [4.78, 5) is 23.6. The number of morpholine rings is 1. The number of benzene rings is 1. The molecule has 0 saturated carbocycles. The molecular formula is C21H25N7O2. The number of aromatic nitrogens is 4. The van der Waals surface area contributed by atoms with Crippen molar-refractivity contribution in [3.05, 3.63) is 60.2 Å². The van der Waals surface area contributed by atoms with Crippen LogP contribution in [0.15, 0.2) is 48.8 Å². The van der Waals surface area contributed by atoms with Gasteiger partial charge in [0.15, 0.2) is 0 Å². The van der Waals surface area contributed by atoms with E-state index >= 15 is 0 Å². The number of hydrogen-bond acceptors (Lipinski definition) is 7. The Kier molecular flexibility index (Phi) is 6.19. The Bertz CT molecular complexity index is 985. The van der Waals surface area contributed by atoms with Crippen molar-refractivity contribution >= 4 is 17.5 Å². The van der Waals surface area contributed by atoms with E-state index < -0.39 is 0 Å². The normalized spacial score (nSPS) is 13.8. The molecular weight excluding hydrogens is 382 g/mol. The Morgan fingerprint density at radius 2 is 2.00 bits per heavy atom. The van der Waals surface area contributed by atoms with Crippen LogP contribution < -0.4 is 15.5 Å². The molecule has 0 bridgehead atoms. The Morgan fingerprint density at radius 3 is 2.80 bits per heavy atom. The Morgan fingerprint density at radius 1 is 1.13 bits per heavy atom. The fourth-order valence-electron chi connectivity index (χ4n) is 3.28. The zero-order valence-corrected chi connectivity index (χ0v) is 16.9. The van der Waals surface area contributed by atoms with Gasteiger partial charge in [0, 0.05) is 50.2 Å². The lowest BCUT2D eigenvalue weighted by Crippen LogP contribution is -2.37. The molecule has 9 nitrogen and oxygen atoms in total. The third kappa shape index (κ3) is 4.93. The number of nitrogens with zero attached hydrogens (tertiary/aromatic N) is 5. The van der Waals surface area contributed by atoms with Gasteiger partial charge < -0.3 is 20.3 Å². The smallest absolute Gasteiger partial charge is 0.251 e. The van der Waals surface area contributed by atoms with Gasteiger partial charge in [-0.1, -0.05) is 6.07 Å². The van der Waals surface area contributed by atoms with Gasteiger partial charge in [0.1, 0.15) is 17.5 Å². The van der Waals surface area contributed by atoms with E-state index in [1.165, 1.54) is 0 Å². The number of aryl methyl sites for hydroxylation is 1. The van der Waals surface area contributed by atoms with Crippen LogP contribution >= 0.6 is 0 Å². The number of ether oxygens (including phenoxy) is 1. The predicted molar refractivity (Wildman–Crippen MR) is 114 cm³/mol. The van der Waals surface area contributed by atoms with Crippen molar-refractivity contribution in [1.82, 2.24) is 25.1 Å². The molecule has 4 rings (SSSR count). The topological polar surface area (TPSA) is 97.2 Å². The van der Waals surface area contributed by atoms with Gasteiger partial charge in [0.25, 0.3) is 5.91 Å². The maximum Gasteiger partial charge on any atom is 0.251 e. The van der Waals surface area contributed by atoms with Crippen LogP contribution in [-0.2, 0) is 4.74 Å². The summed E-state index contributed by atoms with van der Waals surface area (Å²) in [6, 6.07) is 11.2. The number of carbonyl (C=O) groups is 1. The third-order valence-corrected chi connectivity index (χ3v) is 4.75. The molecule has 1 aliphatic heterocycles. The maximum atomic E-state index is 12.5. The van der Waals surface area contributed by atoms with Gasteiger partial charge in [0.05, 0.1) is 18.9 Å². The van der Waals surface area contributed by atoms with Crippen molar-refractivity contribution in [3.63, 3.8) is 0 Å². The molecule has 9 heteroatoms. The van der Waals surface area contributed by atoms with Crippen LogP contribution in [0.2, 0.25) is 0 Å². The van der Waals surface area contributed by atoms with Crippen LogP contribution in [0, 0.1) is 6.92 Å². The monoisotopic (exact) mass is 407 g/mol. The summed E-state index contributed by atoms with van der Waals surface area (Å²) in [6.45, 7) is 5.97. The standard InChI is InChI=1S/C21H25N7O2/c1-16-25-19(15-20(26-16)27-10-12-30-13-11-27)22-7-8-23-21(29)17-4-2-5-18(14-17)28-9-3-6-24-28/h2-6,9,14-15H,7-8,10-13H2,1H3,(H,23,29)(H,22,25,26). The van der Waals surface area contributed by atoms with Crippen LogP contribution in [0.5, 0.6) is 0 Å². The number of carbonyl (C=O) groups excluding carboxylic acids is 1. The van der Waals surface area contributed by atoms with Crippen LogP contribution in [0.1, 0.15) is 16.2 Å². The highest BCUT2D eigenvalue weighted by atomic mass is 16.5. The van der Waals surface area contributed by atoms with E-state index in [9.17, 15) is 4.79 Å². The van der Waals surface area contributed by atoms with Crippen molar-refractivity contribution < 1.29 is 9.53 Å². The highest BCUT2D eigenvalue weighted by molar-refractivity contribution is 5.94. The molecule has 0 unspecified atom stereocenters. The fourth-order valence-corrected chi connectivity index (χ4v) is 3.28. The van der Waals surface area contributed by atoms with Gasteiger partial charge in [0.2, 0.25) is 0 Å². The highest BCUT2D eigenvalue weighted by Crippen LogP contribution is 2.17. The third-order valence-electron chi connectivity index (χ3n) is 4.75. The number of hydrogen-bond donors (Lipinski definition) is 2. The molecule has 1 fully saturated rings. The molecule has 1 amide bonds. The molecule has 156 valence electrons. The molecule has 30 heavy (non-hydrogen) atoms. The molecule has 1 aliphatic rings. The van der Waals surface area contributed by atoms with Crippen molar-refractivity contribution in [3.8, 4) is 5.69 Å². The SMILES string of the molecule is Cc1nc(NCCNC(=O)c2cccc(-n3cccn3)c2)cc(N2CCOCC2)n1. The zero-order valence-electron chi connectivity index (χ0n) is 16.9. The van der Waals surface area contributed by atoms with Crippen LogP contribution in [-0.4, -0.2) is 65.0 Å². The molecule has 0 radical (unpaired) electrons. The first-order chi connectivity index (χ1) is 14.7. The second-order valence-corrected chi connectivity index (χ2v) is 6.94. The Hall–Kier alpha value is -3.46. The minimum Gasteiger partial charge on any atom is -0.378 e. The lowest BCUT2D eigenvalue weighted by atomic mass is 10.2. The molecule has 0 spiro atoms. The number of rotatable bonds is 7. The predicted octanol–water partition coefficient (Wildman–Crippen LogP) is 1.65. The Labute approximate surface area is 175 Å². The van der Waals surface area contributed by atoms with Gasteiger partial charge in [-0.2, -0.15) is 5.10 Å². The first-order valence-electron chi connectivity index (χ1n) is 9.99. The minimum atomic E-state index is -0.126. The summed E-state index contributed by atoms with van der Waals surface area (Å²) in [7, 11) is 0. The summed E-state index contributed by atoms with van der Waals surface area (Å²) in [5.41, 5.74) is 1.44. The molecule has 0 atom stereocenters. The van der Waals surface area contributed by atoms with Crippen molar-refractivity contribution in [2.45, 2.75) is 6.92 Å². The summed E-state index contributed by atoms with van der Waals surface area (Å²) in [5, 5.41) is 10.4. The van der Waals surface area contributed by atoms with E-state index in [0.29, 0.717) is 37.7 Å². The Balaban J connectivity index is 1.30. The van der Waals surface area contributed by atoms with Crippen LogP contribution in [0.25, 0.3) is 5.69 Å². The van der Waals surface area contributed by atoms with Gasteiger partial charge >= 0.3 is 0 Å².